The molecule has 0 fully saturated rings. The summed E-state index contributed by atoms with van der Waals surface area (Å²) in [5.41, 5.74) is 0.294. The number of halogens is 2. The summed E-state index contributed by atoms with van der Waals surface area (Å²) in [5, 5.41) is 11.7. The van der Waals surface area contributed by atoms with Gasteiger partial charge in [-0.1, -0.05) is 0 Å². The molecule has 0 saturated heterocycles. The first-order valence-corrected chi connectivity index (χ1v) is 6.02. The summed E-state index contributed by atoms with van der Waals surface area (Å²) in [4.78, 5) is 11.9. The third kappa shape index (κ3) is 5.50. The molecule has 1 amide bonds. The number of nitrogens with one attached hydrogen (secondary N) is 1. The van der Waals surface area contributed by atoms with Gasteiger partial charge in [0.15, 0.2) is 0 Å². The van der Waals surface area contributed by atoms with E-state index in [-0.39, 0.29) is 12.4 Å². The van der Waals surface area contributed by atoms with Crippen LogP contribution in [-0.4, -0.2) is 44.0 Å². The van der Waals surface area contributed by atoms with Gasteiger partial charge in [0.2, 0.25) is 0 Å². The molecule has 1 rings (SSSR count). The zero-order valence-electron chi connectivity index (χ0n) is 11.0. The predicted molar refractivity (Wildman–Crippen MR) is 67.9 cm³/mol. The lowest BCUT2D eigenvalue weighted by molar-refractivity contribution is -0.0498. The molecule has 5 nitrogen and oxygen atoms in total. The number of benzene rings is 1. The van der Waals surface area contributed by atoms with E-state index in [0.29, 0.717) is 18.6 Å². The van der Waals surface area contributed by atoms with E-state index >= 15 is 0 Å². The van der Waals surface area contributed by atoms with Crippen LogP contribution in [0.15, 0.2) is 24.3 Å². The van der Waals surface area contributed by atoms with Gasteiger partial charge in [0.05, 0.1) is 12.6 Å². The highest BCUT2D eigenvalue weighted by Crippen LogP contribution is 2.15. The van der Waals surface area contributed by atoms with Crippen molar-refractivity contribution >= 4 is 5.91 Å². The lowest BCUT2D eigenvalue weighted by Gasteiger charge is -2.15. The number of alkyl halides is 2. The van der Waals surface area contributed by atoms with Crippen LogP contribution in [0, 0.1) is 0 Å². The first-order valence-electron chi connectivity index (χ1n) is 6.02. The Balaban J connectivity index is 2.58. The van der Waals surface area contributed by atoms with Crippen LogP contribution in [0.25, 0.3) is 0 Å². The number of hydrogen-bond acceptors (Lipinski definition) is 4. The van der Waals surface area contributed by atoms with Crippen LogP contribution < -0.4 is 10.1 Å². The van der Waals surface area contributed by atoms with Gasteiger partial charge in [-0.2, -0.15) is 8.78 Å². The van der Waals surface area contributed by atoms with Crippen LogP contribution in [0.2, 0.25) is 0 Å². The van der Waals surface area contributed by atoms with E-state index in [0.717, 1.165) is 0 Å². The smallest absolute Gasteiger partial charge is 0.387 e. The molecule has 0 radical (unpaired) electrons. The molecule has 1 aromatic carbocycles. The fourth-order valence-corrected chi connectivity index (χ4v) is 1.53. The maximum atomic E-state index is 12.0. The molecule has 0 bridgehead atoms. The fraction of sp³-hybridized carbons (Fsp3) is 0.462. The first kappa shape index (κ1) is 16.3. The Morgan fingerprint density at radius 3 is 2.50 bits per heavy atom. The van der Waals surface area contributed by atoms with Crippen LogP contribution in [0.5, 0.6) is 5.75 Å². The van der Waals surface area contributed by atoms with Crippen molar-refractivity contribution in [3.8, 4) is 5.75 Å². The Labute approximate surface area is 115 Å². The van der Waals surface area contributed by atoms with Gasteiger partial charge in [-0.3, -0.25) is 4.79 Å². The van der Waals surface area contributed by atoms with Gasteiger partial charge in [0.25, 0.3) is 5.91 Å². The molecule has 2 N–H and O–H groups in total. The van der Waals surface area contributed by atoms with Crippen molar-refractivity contribution in [2.45, 2.75) is 19.1 Å². The van der Waals surface area contributed by atoms with Crippen LogP contribution >= 0.6 is 0 Å². The Morgan fingerprint density at radius 1 is 1.35 bits per heavy atom. The molecule has 0 heterocycles. The number of aliphatic hydroxyl groups is 1. The lowest BCUT2D eigenvalue weighted by atomic mass is 10.1. The number of methoxy groups -OCH3 is 1. The highest BCUT2D eigenvalue weighted by atomic mass is 19.3. The number of carbonyl (C=O) groups is 1. The van der Waals surface area contributed by atoms with Gasteiger partial charge < -0.3 is 19.9 Å². The minimum Gasteiger partial charge on any atom is -0.435 e. The molecular formula is C13H17F2NO4. The zero-order valence-corrected chi connectivity index (χ0v) is 11.0. The number of aliphatic hydroxyl groups excluding tert-OH is 1. The summed E-state index contributed by atoms with van der Waals surface area (Å²) in [7, 11) is 1.53. The van der Waals surface area contributed by atoms with E-state index in [1.807, 2.05) is 0 Å². The molecule has 0 saturated carbocycles. The van der Waals surface area contributed by atoms with E-state index in [9.17, 15) is 13.6 Å². The summed E-state index contributed by atoms with van der Waals surface area (Å²) >= 11 is 0. The lowest BCUT2D eigenvalue weighted by Crippen LogP contribution is -2.38. The summed E-state index contributed by atoms with van der Waals surface area (Å²) < 4.78 is 33.0. The monoisotopic (exact) mass is 289 g/mol. The molecule has 112 valence electrons. The van der Waals surface area contributed by atoms with Crippen molar-refractivity contribution in [1.29, 1.82) is 0 Å². The van der Waals surface area contributed by atoms with E-state index in [1.54, 1.807) is 0 Å². The largest absolute Gasteiger partial charge is 0.435 e. The van der Waals surface area contributed by atoms with Crippen LogP contribution in [0.4, 0.5) is 8.78 Å². The Bertz CT molecular complexity index is 411. The minimum atomic E-state index is -2.90. The standard InChI is InChI=1S/C13H17F2NO4/c1-19-7-6-10(8-17)16-12(18)9-2-4-11(5-3-9)20-13(14)15/h2-5,10,13,17H,6-8H2,1H3,(H,16,18)/t10-/m0/s1. The maximum Gasteiger partial charge on any atom is 0.387 e. The van der Waals surface area contributed by atoms with Crippen molar-refractivity contribution in [1.82, 2.24) is 5.32 Å². The van der Waals surface area contributed by atoms with Gasteiger partial charge >= 0.3 is 6.61 Å². The van der Waals surface area contributed by atoms with Crippen molar-refractivity contribution in [2.75, 3.05) is 20.3 Å². The average molecular weight is 289 g/mol. The third-order valence-corrected chi connectivity index (χ3v) is 2.57. The van der Waals surface area contributed by atoms with Crippen molar-refractivity contribution in [3.05, 3.63) is 29.8 Å². The molecule has 7 heteroatoms. The van der Waals surface area contributed by atoms with Gasteiger partial charge in [0, 0.05) is 19.3 Å². The number of rotatable bonds is 8. The second kappa shape index (κ2) is 8.44. The SMILES string of the molecule is COCC[C@@H](CO)NC(=O)c1ccc(OC(F)F)cc1. The number of hydrogen-bond donors (Lipinski definition) is 2. The maximum absolute atomic E-state index is 12.0. The summed E-state index contributed by atoms with van der Waals surface area (Å²) in [5.74, 6) is -0.418. The first-order chi connectivity index (χ1) is 9.56. The molecule has 1 atom stereocenters. The number of ether oxygens (including phenoxy) is 2. The molecule has 0 aliphatic rings. The normalized spacial score (nSPS) is 12.2. The van der Waals surface area contributed by atoms with E-state index < -0.39 is 18.6 Å². The zero-order chi connectivity index (χ0) is 15.0. The second-order valence-corrected chi connectivity index (χ2v) is 4.04. The fourth-order valence-electron chi connectivity index (χ4n) is 1.53. The van der Waals surface area contributed by atoms with Crippen molar-refractivity contribution in [2.24, 2.45) is 0 Å². The number of amides is 1. The van der Waals surface area contributed by atoms with E-state index in [2.05, 4.69) is 10.1 Å². The molecule has 0 unspecified atom stereocenters. The van der Waals surface area contributed by atoms with Crippen molar-refractivity contribution in [3.63, 3.8) is 0 Å². The van der Waals surface area contributed by atoms with Gasteiger partial charge in [-0.25, -0.2) is 0 Å². The van der Waals surface area contributed by atoms with Gasteiger partial charge in [-0.05, 0) is 30.7 Å². The third-order valence-electron chi connectivity index (χ3n) is 2.57. The molecule has 0 spiro atoms. The molecule has 20 heavy (non-hydrogen) atoms. The minimum absolute atomic E-state index is 0.0189. The van der Waals surface area contributed by atoms with Gasteiger partial charge in [-0.15, -0.1) is 0 Å². The summed E-state index contributed by atoms with van der Waals surface area (Å²) in [6.45, 7) is -2.70. The van der Waals surface area contributed by atoms with Crippen LogP contribution in [-0.2, 0) is 4.74 Å². The van der Waals surface area contributed by atoms with Crippen molar-refractivity contribution < 1.29 is 28.2 Å². The average Bonchev–Trinajstić information content (AvgIpc) is 2.43. The molecule has 1 aromatic rings. The highest BCUT2D eigenvalue weighted by Gasteiger charge is 2.13. The Kier molecular flexibility index (Phi) is 6.89. The second-order valence-electron chi connectivity index (χ2n) is 4.04. The summed E-state index contributed by atoms with van der Waals surface area (Å²) in [6, 6.07) is 4.89. The molecule has 0 aliphatic heterocycles. The van der Waals surface area contributed by atoms with Gasteiger partial charge in [0.1, 0.15) is 5.75 Å². The Morgan fingerprint density at radius 2 is 2.00 bits per heavy atom. The van der Waals surface area contributed by atoms with E-state index in [1.165, 1.54) is 31.4 Å². The van der Waals surface area contributed by atoms with Crippen LogP contribution in [0.1, 0.15) is 16.8 Å². The highest BCUT2D eigenvalue weighted by molar-refractivity contribution is 5.94. The molecular weight excluding hydrogens is 272 g/mol. The van der Waals surface area contributed by atoms with Crippen LogP contribution in [0.3, 0.4) is 0 Å². The molecule has 0 aromatic heterocycles. The Hall–Kier alpha value is -1.73. The molecule has 0 aliphatic carbocycles. The van der Waals surface area contributed by atoms with E-state index in [4.69, 9.17) is 9.84 Å². The number of carbonyl (C=O) groups excluding carboxylic acids is 1. The predicted octanol–water partition coefficient (Wildman–Crippen LogP) is 1.42. The summed E-state index contributed by atoms with van der Waals surface area (Å²) in [6.07, 6.45) is 0.477. The topological polar surface area (TPSA) is 67.8 Å². The quantitative estimate of drug-likeness (QED) is 0.759.